The van der Waals surface area contributed by atoms with Crippen molar-refractivity contribution < 1.29 is 56.4 Å². The molecule has 2 saturated heterocycles. The molecular formula is C82H92F2N4O10. The first-order valence-corrected chi connectivity index (χ1v) is 34.4. The molecule has 0 radical (unpaired) electrons. The monoisotopic (exact) mass is 1330 g/mol. The summed E-state index contributed by atoms with van der Waals surface area (Å²) in [7, 11) is 0. The number of benzene rings is 5. The van der Waals surface area contributed by atoms with Crippen LogP contribution in [0.4, 0.5) is 20.2 Å². The minimum absolute atomic E-state index is 0.0189. The number of halogens is 2. The lowest BCUT2D eigenvalue weighted by Gasteiger charge is -2.40. The highest BCUT2D eigenvalue weighted by Crippen LogP contribution is 2.46. The van der Waals surface area contributed by atoms with Crippen molar-refractivity contribution in [2.45, 2.75) is 220 Å². The summed E-state index contributed by atoms with van der Waals surface area (Å²) in [6, 6.07) is 32.1. The number of nitrogen functional groups attached to an aromatic ring is 1. The van der Waals surface area contributed by atoms with E-state index in [1.165, 1.54) is 34.7 Å². The number of ether oxygens (including phenoxy) is 6. The molecule has 2 fully saturated rings. The van der Waals surface area contributed by atoms with Crippen molar-refractivity contribution in [3.63, 3.8) is 0 Å². The normalized spacial score (nSPS) is 19.6. The Morgan fingerprint density at radius 3 is 1.39 bits per heavy atom. The van der Waals surface area contributed by atoms with Crippen LogP contribution >= 0.6 is 0 Å². The summed E-state index contributed by atoms with van der Waals surface area (Å²) >= 11 is 0. The Bertz CT molecular complexity index is 4220. The smallest absolute Gasteiger partial charge is 0.308 e. The third-order valence-corrected chi connectivity index (χ3v) is 18.0. The highest BCUT2D eigenvalue weighted by molar-refractivity contribution is 6.34. The number of fused-ring (bicyclic) bond motifs is 7. The number of imide groups is 1. The maximum Gasteiger partial charge on any atom is 0.308 e. The van der Waals surface area contributed by atoms with E-state index in [0.29, 0.717) is 36.1 Å². The van der Waals surface area contributed by atoms with E-state index < -0.39 is 28.9 Å². The third kappa shape index (κ3) is 16.3. The molecule has 5 heterocycles. The Hall–Kier alpha value is -8.54. The van der Waals surface area contributed by atoms with E-state index in [-0.39, 0.29) is 78.4 Å². The van der Waals surface area contributed by atoms with Crippen LogP contribution in [-0.2, 0) is 63.7 Å². The highest BCUT2D eigenvalue weighted by atomic mass is 19.1. The Labute approximate surface area is 575 Å². The summed E-state index contributed by atoms with van der Waals surface area (Å²) < 4.78 is 64.6. The molecule has 3 aliphatic heterocycles. The van der Waals surface area contributed by atoms with E-state index in [1.54, 1.807) is 24.3 Å². The molecule has 2 amide bonds. The first kappa shape index (κ1) is 70.8. The molecule has 5 aliphatic rings. The van der Waals surface area contributed by atoms with Crippen molar-refractivity contribution in [1.29, 1.82) is 0 Å². The van der Waals surface area contributed by atoms with Crippen molar-refractivity contribution in [3.8, 4) is 44.8 Å². The average molecular weight is 1330 g/mol. The fourth-order valence-corrected chi connectivity index (χ4v) is 14.2. The maximum absolute atomic E-state index is 14.4. The minimum Gasteiger partial charge on any atom is -0.460 e. The lowest BCUT2D eigenvalue weighted by Crippen LogP contribution is -2.45. The van der Waals surface area contributed by atoms with Crippen LogP contribution in [0.5, 0.6) is 0 Å². The quantitative estimate of drug-likeness (QED) is 0.0655. The molecule has 0 saturated carbocycles. The molecule has 0 bridgehead atoms. The Kier molecular flexibility index (Phi) is 20.5. The zero-order valence-corrected chi connectivity index (χ0v) is 59.0. The fourth-order valence-electron chi connectivity index (χ4n) is 14.2. The number of carbonyl (C=O) groups is 4. The van der Waals surface area contributed by atoms with Crippen LogP contribution in [0.1, 0.15) is 213 Å². The fraction of sp³-hybridized carbons (Fsp3) is 0.415. The summed E-state index contributed by atoms with van der Waals surface area (Å²) in [4.78, 5) is 64.1. The van der Waals surface area contributed by atoms with Gasteiger partial charge in [-0.1, -0.05) is 101 Å². The van der Waals surface area contributed by atoms with Gasteiger partial charge in [0, 0.05) is 40.8 Å². The van der Waals surface area contributed by atoms with Crippen molar-refractivity contribution in [2.24, 2.45) is 0 Å². The molecule has 514 valence electrons. The van der Waals surface area contributed by atoms with E-state index in [4.69, 9.17) is 44.1 Å². The number of amides is 2. The Balaban J connectivity index is 0.000000203. The van der Waals surface area contributed by atoms with Gasteiger partial charge in [-0.3, -0.25) is 29.1 Å². The van der Waals surface area contributed by atoms with E-state index in [2.05, 4.69) is 58.1 Å². The summed E-state index contributed by atoms with van der Waals surface area (Å²) in [5.74, 6) is -3.52. The van der Waals surface area contributed by atoms with Crippen LogP contribution in [0.25, 0.3) is 56.9 Å². The summed E-state index contributed by atoms with van der Waals surface area (Å²) in [6.45, 7) is 27.0. The van der Waals surface area contributed by atoms with Gasteiger partial charge in [-0.15, -0.1) is 0 Å². The summed E-state index contributed by atoms with van der Waals surface area (Å²) in [5.41, 5.74) is 23.0. The van der Waals surface area contributed by atoms with E-state index in [9.17, 15) is 28.0 Å². The molecule has 2 aromatic heterocycles. The zero-order chi connectivity index (χ0) is 70.3. The molecule has 12 rings (SSSR count). The first-order valence-electron chi connectivity index (χ1n) is 34.4. The molecule has 98 heavy (non-hydrogen) atoms. The lowest BCUT2D eigenvalue weighted by atomic mass is 9.86. The number of carbonyl (C=O) groups excluding carboxylic acids is 4. The summed E-state index contributed by atoms with van der Waals surface area (Å²) in [5, 5.41) is 0. The van der Waals surface area contributed by atoms with Gasteiger partial charge in [0.2, 0.25) is 0 Å². The van der Waals surface area contributed by atoms with Gasteiger partial charge >= 0.3 is 11.9 Å². The molecule has 14 nitrogen and oxygen atoms in total. The molecule has 7 aromatic rings. The van der Waals surface area contributed by atoms with Gasteiger partial charge in [0.05, 0.1) is 76.8 Å². The number of anilines is 2. The third-order valence-electron chi connectivity index (χ3n) is 18.0. The van der Waals surface area contributed by atoms with Gasteiger partial charge in [0.15, 0.2) is 11.6 Å². The number of hydrogen-bond acceptors (Lipinski definition) is 13. The molecule has 2 N–H and O–H groups in total. The average Bonchev–Trinajstić information content (AvgIpc) is 1.34. The zero-order valence-electron chi connectivity index (χ0n) is 59.0. The molecule has 4 atom stereocenters. The second kappa shape index (κ2) is 28.4. The van der Waals surface area contributed by atoms with Gasteiger partial charge in [-0.05, 0) is 225 Å². The topological polar surface area (TPSA) is 179 Å². The van der Waals surface area contributed by atoms with Gasteiger partial charge in [0.1, 0.15) is 22.8 Å². The molecule has 0 unspecified atom stereocenters. The van der Waals surface area contributed by atoms with E-state index >= 15 is 0 Å². The summed E-state index contributed by atoms with van der Waals surface area (Å²) in [6.07, 6.45) is 13.0. The molecule has 5 aromatic carbocycles. The van der Waals surface area contributed by atoms with Gasteiger partial charge in [0.25, 0.3) is 11.8 Å². The second-order valence-corrected chi connectivity index (χ2v) is 29.9. The molecule has 2 aliphatic carbocycles. The minimum atomic E-state index is -0.928. The SMILES string of the molecule is CC(C)c1nc2c(c(-c3ccc(F)cc3)c1/C=C/[C@@H]1C[C@H](CC(=O)OC(C)(C)C)OC(C)(C)O1)CCCc1cc(N)ccc1-2.CC(C)c1nc2c(c(-c3ccc(F)cc3)c1/C=C/[C@@H]1C[C@H](CC(=O)OC(C)(C)C)OC(C)(C)O1)CCCc1cc(N3C(=O)c4ccccc4C3=O)ccc1-2. The number of esters is 2. The predicted molar refractivity (Wildman–Crippen MR) is 380 cm³/mol. The number of pyridine rings is 2. The van der Waals surface area contributed by atoms with Crippen LogP contribution in [-0.4, -0.2) is 80.9 Å². The van der Waals surface area contributed by atoms with Crippen LogP contribution in [0, 0.1) is 11.6 Å². The largest absolute Gasteiger partial charge is 0.460 e. The van der Waals surface area contributed by atoms with Gasteiger partial charge in [-0.2, -0.15) is 0 Å². The van der Waals surface area contributed by atoms with Gasteiger partial charge < -0.3 is 34.2 Å². The van der Waals surface area contributed by atoms with E-state index in [0.717, 1.165) is 122 Å². The van der Waals surface area contributed by atoms with Crippen LogP contribution in [0.2, 0.25) is 0 Å². The number of aromatic nitrogens is 2. The number of nitrogens with two attached hydrogens (primary N) is 1. The molecule has 16 heteroatoms. The van der Waals surface area contributed by atoms with Crippen molar-refractivity contribution in [1.82, 2.24) is 9.97 Å². The van der Waals surface area contributed by atoms with Crippen LogP contribution < -0.4 is 10.6 Å². The van der Waals surface area contributed by atoms with Crippen LogP contribution in [0.15, 0.2) is 121 Å². The van der Waals surface area contributed by atoms with Crippen molar-refractivity contribution in [3.05, 3.63) is 189 Å². The number of aryl methyl sites for hydroxylation is 2. The molecule has 0 spiro atoms. The molecular weight excluding hydrogens is 1240 g/mol. The van der Waals surface area contributed by atoms with Crippen LogP contribution in [0.3, 0.4) is 0 Å². The Morgan fingerprint density at radius 2 is 0.980 bits per heavy atom. The predicted octanol–water partition coefficient (Wildman–Crippen LogP) is 18.0. The number of hydrogen-bond donors (Lipinski definition) is 1. The highest BCUT2D eigenvalue weighted by Gasteiger charge is 2.40. The van der Waals surface area contributed by atoms with E-state index in [1.807, 2.05) is 124 Å². The Morgan fingerprint density at radius 1 is 0.571 bits per heavy atom. The van der Waals surface area contributed by atoms with Gasteiger partial charge in [-0.25, -0.2) is 13.7 Å². The van der Waals surface area contributed by atoms with Crippen molar-refractivity contribution in [2.75, 3.05) is 10.6 Å². The standard InChI is InChI=1S/C45H47FN2O6.C37H45FN2O4/c1-26(2)40-37(22-20-31-24-32(53-45(6,7)52-31)25-38(49)54-44(3,4)5)39(27-15-17-29(46)18-16-27)36-14-10-11-28-23-30(19-21-33(28)41(36)47-40)48-42(50)34-12-8-9-13-35(34)43(48)51;1-22(2)34-31(18-16-27-20-28(43-37(6,7)42-27)21-32(41)44-36(3,4)5)33(23-11-13-25(38)14-12-23)30-10-8-9-24-19-26(39)15-17-29(24)35(30)40-34/h8-9,12-13,15-23,26,31-32H,10-11,14,24-25H2,1-7H3;11-19,22,27-28H,8-10,20-21,39H2,1-7H3/b22-20+;18-16+/t31-,32-;27-,28-/m11/s1. The number of rotatable bonds is 13. The lowest BCUT2D eigenvalue weighted by molar-refractivity contribution is -0.291. The maximum atomic E-state index is 14.4. The first-order chi connectivity index (χ1) is 46.3. The second-order valence-electron chi connectivity index (χ2n) is 29.9. The van der Waals surface area contributed by atoms with Crippen molar-refractivity contribution >= 4 is 47.3 Å². The number of nitrogens with zero attached hydrogens (tertiary/aromatic N) is 3.